The summed E-state index contributed by atoms with van der Waals surface area (Å²) in [6.45, 7) is 7.30. The van der Waals surface area contributed by atoms with Crippen molar-refractivity contribution < 1.29 is 9.32 Å². The Bertz CT molecular complexity index is 413. The SMILES string of the molecule is CCCN(CC(=O)Nc1cc(C)no1)C1CCNC1. The molecule has 0 saturated carbocycles. The zero-order valence-electron chi connectivity index (χ0n) is 11.6. The summed E-state index contributed by atoms with van der Waals surface area (Å²) >= 11 is 0. The highest BCUT2D eigenvalue weighted by atomic mass is 16.5. The molecule has 1 atom stereocenters. The summed E-state index contributed by atoms with van der Waals surface area (Å²) in [5.41, 5.74) is 0.765. The largest absolute Gasteiger partial charge is 0.338 e. The van der Waals surface area contributed by atoms with E-state index in [9.17, 15) is 4.79 Å². The Morgan fingerprint density at radius 2 is 2.53 bits per heavy atom. The van der Waals surface area contributed by atoms with Crippen molar-refractivity contribution in [2.75, 3.05) is 31.5 Å². The van der Waals surface area contributed by atoms with Gasteiger partial charge in [0.05, 0.1) is 12.2 Å². The van der Waals surface area contributed by atoms with Crippen molar-refractivity contribution >= 4 is 11.8 Å². The normalized spacial score (nSPS) is 19.0. The van der Waals surface area contributed by atoms with Crippen molar-refractivity contribution in [3.05, 3.63) is 11.8 Å². The van der Waals surface area contributed by atoms with Gasteiger partial charge in [-0.15, -0.1) is 0 Å². The third kappa shape index (κ3) is 4.04. The quantitative estimate of drug-likeness (QED) is 0.803. The lowest BCUT2D eigenvalue weighted by Crippen LogP contribution is -2.42. The van der Waals surface area contributed by atoms with Crippen LogP contribution in [0.4, 0.5) is 5.88 Å². The predicted molar refractivity (Wildman–Crippen MR) is 73.0 cm³/mol. The number of aromatic nitrogens is 1. The van der Waals surface area contributed by atoms with Crippen molar-refractivity contribution in [1.29, 1.82) is 0 Å². The third-order valence-electron chi connectivity index (χ3n) is 3.30. The Morgan fingerprint density at radius 1 is 1.68 bits per heavy atom. The van der Waals surface area contributed by atoms with Crippen LogP contribution in [0.5, 0.6) is 0 Å². The standard InChI is InChI=1S/C13H22N4O2/c1-3-6-17(11-4-5-14-8-11)9-12(18)15-13-7-10(2)16-19-13/h7,11,14H,3-6,8-9H2,1-2H3,(H,15,18). The van der Waals surface area contributed by atoms with E-state index in [0.29, 0.717) is 18.5 Å². The van der Waals surface area contributed by atoms with Gasteiger partial charge in [0.2, 0.25) is 11.8 Å². The minimum atomic E-state index is -0.0449. The molecule has 2 rings (SSSR count). The average molecular weight is 266 g/mol. The van der Waals surface area contributed by atoms with Crippen molar-refractivity contribution in [3.8, 4) is 0 Å². The highest BCUT2D eigenvalue weighted by Crippen LogP contribution is 2.11. The maximum absolute atomic E-state index is 12.0. The first kappa shape index (κ1) is 14.0. The number of hydrogen-bond acceptors (Lipinski definition) is 5. The molecule has 2 N–H and O–H groups in total. The molecule has 1 aromatic heterocycles. The van der Waals surface area contributed by atoms with E-state index in [1.165, 1.54) is 0 Å². The van der Waals surface area contributed by atoms with Crippen LogP contribution in [0.2, 0.25) is 0 Å². The molecular formula is C13H22N4O2. The lowest BCUT2D eigenvalue weighted by Gasteiger charge is -2.26. The van der Waals surface area contributed by atoms with E-state index in [2.05, 4.69) is 27.6 Å². The van der Waals surface area contributed by atoms with Crippen LogP contribution in [-0.4, -0.2) is 48.2 Å². The molecule has 1 aliphatic heterocycles. The number of nitrogens with one attached hydrogen (secondary N) is 2. The molecule has 0 aromatic carbocycles. The van der Waals surface area contributed by atoms with Crippen molar-refractivity contribution in [2.45, 2.75) is 32.7 Å². The third-order valence-corrected chi connectivity index (χ3v) is 3.30. The Labute approximate surface area is 113 Å². The van der Waals surface area contributed by atoms with Crippen LogP contribution >= 0.6 is 0 Å². The van der Waals surface area contributed by atoms with E-state index in [1.807, 2.05) is 6.92 Å². The van der Waals surface area contributed by atoms with Crippen molar-refractivity contribution in [3.63, 3.8) is 0 Å². The van der Waals surface area contributed by atoms with E-state index in [-0.39, 0.29) is 5.91 Å². The minimum Gasteiger partial charge on any atom is -0.338 e. The first-order chi connectivity index (χ1) is 9.19. The topological polar surface area (TPSA) is 70.4 Å². The van der Waals surface area contributed by atoms with Crippen LogP contribution in [-0.2, 0) is 4.79 Å². The van der Waals surface area contributed by atoms with Gasteiger partial charge in [0.15, 0.2) is 0 Å². The number of carbonyl (C=O) groups excluding carboxylic acids is 1. The van der Waals surface area contributed by atoms with Crippen molar-refractivity contribution in [1.82, 2.24) is 15.4 Å². The summed E-state index contributed by atoms with van der Waals surface area (Å²) < 4.78 is 4.99. The zero-order chi connectivity index (χ0) is 13.7. The summed E-state index contributed by atoms with van der Waals surface area (Å²) in [5.74, 6) is 0.375. The Balaban J connectivity index is 1.87. The molecule has 0 aliphatic carbocycles. The first-order valence-electron chi connectivity index (χ1n) is 6.87. The number of hydrogen-bond donors (Lipinski definition) is 2. The van der Waals surface area contributed by atoms with Crippen LogP contribution in [0.1, 0.15) is 25.5 Å². The van der Waals surface area contributed by atoms with E-state index >= 15 is 0 Å². The molecule has 19 heavy (non-hydrogen) atoms. The van der Waals surface area contributed by atoms with Gasteiger partial charge in [0.25, 0.3) is 0 Å². The summed E-state index contributed by atoms with van der Waals surface area (Å²) in [6.07, 6.45) is 2.15. The van der Waals surface area contributed by atoms with Crippen LogP contribution in [0.25, 0.3) is 0 Å². The van der Waals surface area contributed by atoms with E-state index in [4.69, 9.17) is 4.52 Å². The molecule has 106 valence electrons. The van der Waals surface area contributed by atoms with Crippen molar-refractivity contribution in [2.24, 2.45) is 0 Å². The molecule has 1 aliphatic rings. The monoisotopic (exact) mass is 266 g/mol. The fourth-order valence-corrected chi connectivity index (χ4v) is 2.41. The molecule has 0 spiro atoms. The molecule has 1 saturated heterocycles. The van der Waals surface area contributed by atoms with Gasteiger partial charge in [-0.3, -0.25) is 15.0 Å². The fourth-order valence-electron chi connectivity index (χ4n) is 2.41. The first-order valence-corrected chi connectivity index (χ1v) is 6.87. The number of aryl methyl sites for hydroxylation is 1. The summed E-state index contributed by atoms with van der Waals surface area (Å²) in [5, 5.41) is 9.83. The van der Waals surface area contributed by atoms with Gasteiger partial charge in [-0.25, -0.2) is 0 Å². The number of carbonyl (C=O) groups is 1. The summed E-state index contributed by atoms with van der Waals surface area (Å²) in [4.78, 5) is 14.2. The summed E-state index contributed by atoms with van der Waals surface area (Å²) in [6, 6.07) is 2.18. The van der Waals surface area contributed by atoms with Crippen LogP contribution in [0, 0.1) is 6.92 Å². The highest BCUT2D eigenvalue weighted by Gasteiger charge is 2.23. The number of rotatable bonds is 6. The molecule has 1 unspecified atom stereocenters. The average Bonchev–Trinajstić information content (AvgIpc) is 3.00. The maximum atomic E-state index is 12.0. The van der Waals surface area contributed by atoms with Gasteiger partial charge in [0.1, 0.15) is 0 Å². The lowest BCUT2D eigenvalue weighted by atomic mass is 10.2. The Hall–Kier alpha value is -1.40. The highest BCUT2D eigenvalue weighted by molar-refractivity contribution is 5.91. The van der Waals surface area contributed by atoms with Crippen LogP contribution in [0.3, 0.4) is 0 Å². The van der Waals surface area contributed by atoms with Crippen LogP contribution < -0.4 is 10.6 Å². The van der Waals surface area contributed by atoms with Gasteiger partial charge < -0.3 is 9.84 Å². The van der Waals surface area contributed by atoms with E-state index in [0.717, 1.165) is 38.2 Å². The van der Waals surface area contributed by atoms with E-state index in [1.54, 1.807) is 6.07 Å². The van der Waals surface area contributed by atoms with Gasteiger partial charge in [0, 0.05) is 18.7 Å². The molecule has 1 amide bonds. The maximum Gasteiger partial charge on any atom is 0.240 e. The van der Waals surface area contributed by atoms with Gasteiger partial charge in [-0.2, -0.15) is 0 Å². The second kappa shape index (κ2) is 6.68. The second-order valence-corrected chi connectivity index (χ2v) is 5.00. The number of anilines is 1. The molecular weight excluding hydrogens is 244 g/mol. The molecule has 6 nitrogen and oxygen atoms in total. The van der Waals surface area contributed by atoms with Crippen LogP contribution in [0.15, 0.2) is 10.6 Å². The number of nitrogens with zero attached hydrogens (tertiary/aromatic N) is 2. The predicted octanol–water partition coefficient (Wildman–Crippen LogP) is 0.995. The minimum absolute atomic E-state index is 0.0449. The Kier molecular flexibility index (Phi) is 4.93. The summed E-state index contributed by atoms with van der Waals surface area (Å²) in [7, 11) is 0. The second-order valence-electron chi connectivity index (χ2n) is 5.00. The molecule has 0 radical (unpaired) electrons. The fraction of sp³-hybridized carbons (Fsp3) is 0.692. The van der Waals surface area contributed by atoms with Gasteiger partial charge >= 0.3 is 0 Å². The number of amides is 1. The molecule has 1 fully saturated rings. The smallest absolute Gasteiger partial charge is 0.240 e. The van der Waals surface area contributed by atoms with Gasteiger partial charge in [-0.05, 0) is 32.9 Å². The van der Waals surface area contributed by atoms with Gasteiger partial charge in [-0.1, -0.05) is 12.1 Å². The molecule has 6 heteroatoms. The molecule has 1 aromatic rings. The Morgan fingerprint density at radius 3 is 3.11 bits per heavy atom. The zero-order valence-corrected chi connectivity index (χ0v) is 11.6. The molecule has 0 bridgehead atoms. The lowest BCUT2D eigenvalue weighted by molar-refractivity contribution is -0.117. The molecule has 2 heterocycles. The van der Waals surface area contributed by atoms with E-state index < -0.39 is 0 Å².